The normalized spacial score (nSPS) is 25.1. The number of benzene rings is 1. The van der Waals surface area contributed by atoms with Gasteiger partial charge < -0.3 is 15.2 Å². The minimum atomic E-state index is -0.339. The Morgan fingerprint density at radius 2 is 2.11 bits per heavy atom. The summed E-state index contributed by atoms with van der Waals surface area (Å²) in [4.78, 5) is 0. The van der Waals surface area contributed by atoms with Crippen LogP contribution in [-0.2, 0) is 0 Å². The fourth-order valence-corrected chi connectivity index (χ4v) is 2.83. The summed E-state index contributed by atoms with van der Waals surface area (Å²) in [5, 5.41) is 13.3. The molecule has 2 rings (SSSR count). The molecule has 0 aromatic heterocycles. The van der Waals surface area contributed by atoms with Gasteiger partial charge in [0.2, 0.25) is 0 Å². The lowest BCUT2D eigenvalue weighted by molar-refractivity contribution is 0.0855. The monoisotopic (exact) mass is 267 g/mol. The van der Waals surface area contributed by atoms with E-state index in [1.165, 1.54) is 6.07 Å². The minimum absolute atomic E-state index is 0.0352. The van der Waals surface area contributed by atoms with Crippen LogP contribution < -0.4 is 10.1 Å². The van der Waals surface area contributed by atoms with E-state index in [1.807, 2.05) is 6.92 Å². The molecule has 0 spiro atoms. The van der Waals surface area contributed by atoms with Crippen molar-refractivity contribution in [2.24, 2.45) is 0 Å². The van der Waals surface area contributed by atoms with Gasteiger partial charge in [0.25, 0.3) is 0 Å². The Kier molecular flexibility index (Phi) is 4.77. The maximum Gasteiger partial charge on any atom is 0.131 e. The van der Waals surface area contributed by atoms with E-state index in [4.69, 9.17) is 4.74 Å². The molecule has 2 N–H and O–H groups in total. The zero-order valence-electron chi connectivity index (χ0n) is 11.5. The van der Waals surface area contributed by atoms with Crippen molar-refractivity contribution in [1.29, 1.82) is 0 Å². The summed E-state index contributed by atoms with van der Waals surface area (Å²) in [5.41, 5.74) is 0.530. The second-order valence-corrected chi connectivity index (χ2v) is 5.20. The number of halogens is 1. The number of aliphatic hydroxyl groups excluding tert-OH is 1. The number of hydrogen-bond donors (Lipinski definition) is 2. The number of methoxy groups -OCH3 is 1. The first kappa shape index (κ1) is 14.3. The summed E-state index contributed by atoms with van der Waals surface area (Å²) in [5.74, 6) is 0.273. The van der Waals surface area contributed by atoms with E-state index in [2.05, 4.69) is 5.32 Å². The van der Waals surface area contributed by atoms with Crippen molar-refractivity contribution < 1.29 is 14.2 Å². The molecule has 0 heterocycles. The molecule has 1 fully saturated rings. The number of hydrogen-bond acceptors (Lipinski definition) is 3. The van der Waals surface area contributed by atoms with Crippen molar-refractivity contribution in [1.82, 2.24) is 5.32 Å². The lowest BCUT2D eigenvalue weighted by Crippen LogP contribution is -2.43. The Morgan fingerprint density at radius 1 is 1.37 bits per heavy atom. The van der Waals surface area contributed by atoms with E-state index in [-0.39, 0.29) is 24.0 Å². The van der Waals surface area contributed by atoms with Crippen LogP contribution in [0.2, 0.25) is 0 Å². The van der Waals surface area contributed by atoms with E-state index >= 15 is 0 Å². The van der Waals surface area contributed by atoms with Crippen molar-refractivity contribution in [2.75, 3.05) is 7.11 Å². The van der Waals surface area contributed by atoms with Crippen LogP contribution in [0.3, 0.4) is 0 Å². The van der Waals surface area contributed by atoms with Gasteiger partial charge in [-0.1, -0.05) is 18.9 Å². The van der Waals surface area contributed by atoms with Gasteiger partial charge in [0.1, 0.15) is 11.6 Å². The quantitative estimate of drug-likeness (QED) is 0.881. The van der Waals surface area contributed by atoms with E-state index in [0.717, 1.165) is 25.7 Å². The van der Waals surface area contributed by atoms with E-state index in [0.29, 0.717) is 11.3 Å². The van der Waals surface area contributed by atoms with Crippen LogP contribution in [-0.4, -0.2) is 24.4 Å². The molecule has 0 saturated heterocycles. The first-order chi connectivity index (χ1) is 9.13. The number of nitrogens with one attached hydrogen (secondary N) is 1. The standard InChI is InChI=1S/C15H22FNO2/c1-10(17-12-7-3-4-8-13(12)18)15-11(16)6-5-9-14(15)19-2/h5-6,9-10,12-13,17-18H,3-4,7-8H2,1-2H3. The second-order valence-electron chi connectivity index (χ2n) is 5.20. The average Bonchev–Trinajstić information content (AvgIpc) is 2.40. The molecule has 3 atom stereocenters. The Morgan fingerprint density at radius 3 is 2.79 bits per heavy atom. The number of ether oxygens (including phenoxy) is 1. The summed E-state index contributed by atoms with van der Waals surface area (Å²) in [6.45, 7) is 1.91. The molecule has 106 valence electrons. The predicted molar refractivity (Wildman–Crippen MR) is 72.8 cm³/mol. The lowest BCUT2D eigenvalue weighted by Gasteiger charge is -2.31. The highest BCUT2D eigenvalue weighted by molar-refractivity contribution is 5.37. The van der Waals surface area contributed by atoms with Crippen molar-refractivity contribution >= 4 is 0 Å². The van der Waals surface area contributed by atoms with E-state index in [1.54, 1.807) is 19.2 Å². The summed E-state index contributed by atoms with van der Waals surface area (Å²) in [6.07, 6.45) is 3.59. The van der Waals surface area contributed by atoms with Gasteiger partial charge in [-0.2, -0.15) is 0 Å². The van der Waals surface area contributed by atoms with Gasteiger partial charge in [-0.3, -0.25) is 0 Å². The summed E-state index contributed by atoms with van der Waals surface area (Å²) in [7, 11) is 1.54. The molecule has 1 aromatic carbocycles. The Hall–Kier alpha value is -1.13. The topological polar surface area (TPSA) is 41.5 Å². The molecule has 3 unspecified atom stereocenters. The third kappa shape index (κ3) is 3.25. The molecular weight excluding hydrogens is 245 g/mol. The molecule has 1 aliphatic carbocycles. The fraction of sp³-hybridized carbons (Fsp3) is 0.600. The van der Waals surface area contributed by atoms with Crippen LogP contribution in [0.1, 0.15) is 44.2 Å². The highest BCUT2D eigenvalue weighted by Gasteiger charge is 2.26. The van der Waals surface area contributed by atoms with E-state index in [9.17, 15) is 9.50 Å². The minimum Gasteiger partial charge on any atom is -0.496 e. The smallest absolute Gasteiger partial charge is 0.131 e. The molecular formula is C15H22FNO2. The van der Waals surface area contributed by atoms with Gasteiger partial charge in [0, 0.05) is 17.6 Å². The molecule has 0 radical (unpaired) electrons. The van der Waals surface area contributed by atoms with Crippen LogP contribution in [0, 0.1) is 5.82 Å². The third-order valence-electron chi connectivity index (χ3n) is 3.86. The zero-order valence-corrected chi connectivity index (χ0v) is 11.5. The maximum absolute atomic E-state index is 14.0. The van der Waals surface area contributed by atoms with E-state index < -0.39 is 0 Å². The molecule has 0 aliphatic heterocycles. The fourth-order valence-electron chi connectivity index (χ4n) is 2.83. The van der Waals surface area contributed by atoms with Crippen molar-refractivity contribution in [2.45, 2.75) is 50.8 Å². The Balaban J connectivity index is 2.13. The van der Waals surface area contributed by atoms with Crippen LogP contribution in [0.15, 0.2) is 18.2 Å². The van der Waals surface area contributed by atoms with Gasteiger partial charge in [-0.25, -0.2) is 4.39 Å². The Bertz CT molecular complexity index is 425. The predicted octanol–water partition coefficient (Wildman–Crippen LogP) is 2.79. The number of aliphatic hydroxyl groups is 1. The third-order valence-corrected chi connectivity index (χ3v) is 3.86. The van der Waals surface area contributed by atoms with Gasteiger partial charge in [-0.15, -0.1) is 0 Å². The summed E-state index contributed by atoms with van der Waals surface area (Å²) >= 11 is 0. The molecule has 3 nitrogen and oxygen atoms in total. The van der Waals surface area contributed by atoms with Gasteiger partial charge in [-0.05, 0) is 31.9 Å². The molecule has 4 heteroatoms. The average molecular weight is 267 g/mol. The molecule has 0 amide bonds. The molecule has 0 bridgehead atoms. The van der Waals surface area contributed by atoms with Gasteiger partial charge >= 0.3 is 0 Å². The van der Waals surface area contributed by atoms with Crippen molar-refractivity contribution in [3.8, 4) is 5.75 Å². The SMILES string of the molecule is COc1cccc(F)c1C(C)NC1CCCCC1O. The Labute approximate surface area is 113 Å². The van der Waals surface area contributed by atoms with Crippen molar-refractivity contribution in [3.05, 3.63) is 29.6 Å². The number of rotatable bonds is 4. The maximum atomic E-state index is 14.0. The van der Waals surface area contributed by atoms with Gasteiger partial charge in [0.15, 0.2) is 0 Å². The highest BCUT2D eigenvalue weighted by Crippen LogP contribution is 2.29. The van der Waals surface area contributed by atoms with Crippen molar-refractivity contribution in [3.63, 3.8) is 0 Å². The second kappa shape index (κ2) is 6.35. The molecule has 1 aliphatic rings. The largest absolute Gasteiger partial charge is 0.496 e. The van der Waals surface area contributed by atoms with Crippen LogP contribution in [0.25, 0.3) is 0 Å². The molecule has 1 saturated carbocycles. The summed E-state index contributed by atoms with van der Waals surface area (Å²) in [6, 6.07) is 4.68. The molecule has 19 heavy (non-hydrogen) atoms. The van der Waals surface area contributed by atoms with Gasteiger partial charge in [0.05, 0.1) is 13.2 Å². The van der Waals surface area contributed by atoms with Crippen LogP contribution in [0.4, 0.5) is 4.39 Å². The summed E-state index contributed by atoms with van der Waals surface area (Å²) < 4.78 is 19.2. The zero-order chi connectivity index (χ0) is 13.8. The van der Waals surface area contributed by atoms with Crippen LogP contribution >= 0.6 is 0 Å². The first-order valence-corrected chi connectivity index (χ1v) is 6.90. The molecule has 1 aromatic rings. The highest BCUT2D eigenvalue weighted by atomic mass is 19.1. The van der Waals surface area contributed by atoms with Crippen LogP contribution in [0.5, 0.6) is 5.75 Å². The lowest BCUT2D eigenvalue weighted by atomic mass is 9.91. The first-order valence-electron chi connectivity index (χ1n) is 6.90.